The lowest BCUT2D eigenvalue weighted by molar-refractivity contribution is 0.594. The molecule has 0 aliphatic heterocycles. The lowest BCUT2D eigenvalue weighted by atomic mass is 10.2. The van der Waals surface area contributed by atoms with Crippen LogP contribution >= 0.6 is 11.6 Å². The number of nitriles is 1. The summed E-state index contributed by atoms with van der Waals surface area (Å²) < 4.78 is 37.5. The van der Waals surface area contributed by atoms with Crippen LogP contribution < -0.4 is 0 Å². The second-order valence-corrected chi connectivity index (χ2v) is 6.35. The highest BCUT2D eigenvalue weighted by Gasteiger charge is 2.19. The molecule has 4 nitrogen and oxygen atoms in total. The van der Waals surface area contributed by atoms with Gasteiger partial charge in [-0.05, 0) is 24.3 Å². The zero-order chi connectivity index (χ0) is 14.8. The van der Waals surface area contributed by atoms with Crippen molar-refractivity contribution >= 4 is 21.4 Å². The smallest absolute Gasteiger partial charge is 0.182 e. The normalized spacial score (nSPS) is 11.1. The third-order valence-electron chi connectivity index (χ3n) is 2.59. The fourth-order valence-electron chi connectivity index (χ4n) is 1.61. The number of aromatic nitrogens is 1. The van der Waals surface area contributed by atoms with Gasteiger partial charge in [0, 0.05) is 11.8 Å². The van der Waals surface area contributed by atoms with Gasteiger partial charge in [0.2, 0.25) is 0 Å². The number of sulfone groups is 1. The van der Waals surface area contributed by atoms with E-state index in [1.54, 1.807) is 6.07 Å². The van der Waals surface area contributed by atoms with Crippen LogP contribution in [0.15, 0.2) is 41.4 Å². The summed E-state index contributed by atoms with van der Waals surface area (Å²) >= 11 is 5.58. The Balaban J connectivity index is 2.41. The minimum Gasteiger partial charge on any atom is -0.245 e. The number of rotatable bonds is 3. The van der Waals surface area contributed by atoms with Crippen LogP contribution in [-0.2, 0) is 15.6 Å². The van der Waals surface area contributed by atoms with Crippen LogP contribution in [-0.4, -0.2) is 13.4 Å². The summed E-state index contributed by atoms with van der Waals surface area (Å²) in [5.74, 6) is -1.09. The fraction of sp³-hybridized carbons (Fsp3) is 0.0769. The molecule has 0 radical (unpaired) electrons. The first-order valence-corrected chi connectivity index (χ1v) is 7.49. The fourth-order valence-corrected chi connectivity index (χ4v) is 3.24. The molecule has 7 heteroatoms. The SMILES string of the molecule is N#Cc1ncccc1CS(=O)(=O)c1ccc(F)c(Cl)c1. The average Bonchev–Trinajstić information content (AvgIpc) is 2.42. The number of nitrogens with zero attached hydrogens (tertiary/aromatic N) is 2. The van der Waals surface area contributed by atoms with Crippen LogP contribution in [0.3, 0.4) is 0 Å². The molecule has 0 saturated carbocycles. The number of benzene rings is 1. The Hall–Kier alpha value is -1.97. The quantitative estimate of drug-likeness (QED) is 0.817. The Kier molecular flexibility index (Phi) is 4.02. The Labute approximate surface area is 120 Å². The predicted molar refractivity (Wildman–Crippen MR) is 71.3 cm³/mol. The van der Waals surface area contributed by atoms with Gasteiger partial charge in [-0.1, -0.05) is 17.7 Å². The van der Waals surface area contributed by atoms with Crippen molar-refractivity contribution in [2.24, 2.45) is 0 Å². The van der Waals surface area contributed by atoms with Crippen molar-refractivity contribution in [3.63, 3.8) is 0 Å². The molecule has 1 aromatic heterocycles. The van der Waals surface area contributed by atoms with E-state index in [4.69, 9.17) is 16.9 Å². The van der Waals surface area contributed by atoms with E-state index < -0.39 is 21.4 Å². The van der Waals surface area contributed by atoms with Crippen molar-refractivity contribution in [2.75, 3.05) is 0 Å². The second-order valence-electron chi connectivity index (χ2n) is 3.96. The van der Waals surface area contributed by atoms with E-state index in [1.807, 2.05) is 6.07 Å². The maximum atomic E-state index is 13.1. The van der Waals surface area contributed by atoms with Crippen molar-refractivity contribution in [3.05, 3.63) is 58.6 Å². The van der Waals surface area contributed by atoms with Crippen molar-refractivity contribution in [3.8, 4) is 6.07 Å². The largest absolute Gasteiger partial charge is 0.245 e. The molecular weight excluding hydrogens is 303 g/mol. The van der Waals surface area contributed by atoms with Gasteiger partial charge >= 0.3 is 0 Å². The maximum absolute atomic E-state index is 13.1. The van der Waals surface area contributed by atoms with Crippen LogP contribution in [0.25, 0.3) is 0 Å². The minimum absolute atomic E-state index is 0.0456. The van der Waals surface area contributed by atoms with Crippen molar-refractivity contribution < 1.29 is 12.8 Å². The first-order valence-electron chi connectivity index (χ1n) is 5.46. The summed E-state index contributed by atoms with van der Waals surface area (Å²) in [7, 11) is -3.73. The topological polar surface area (TPSA) is 70.8 Å². The molecule has 0 amide bonds. The molecule has 20 heavy (non-hydrogen) atoms. The predicted octanol–water partition coefficient (Wildman–Crippen LogP) is 2.72. The molecule has 0 saturated heterocycles. The molecule has 0 spiro atoms. The molecule has 2 aromatic rings. The summed E-state index contributed by atoms with van der Waals surface area (Å²) in [6.45, 7) is 0. The molecule has 0 atom stereocenters. The molecule has 0 fully saturated rings. The Morgan fingerprint density at radius 1 is 1.35 bits per heavy atom. The lowest BCUT2D eigenvalue weighted by Crippen LogP contribution is -2.07. The van der Waals surface area contributed by atoms with Gasteiger partial charge in [0.25, 0.3) is 0 Å². The third kappa shape index (κ3) is 2.95. The molecular formula is C13H8ClFN2O2S. The molecule has 0 aliphatic rings. The van der Waals surface area contributed by atoms with Gasteiger partial charge in [-0.2, -0.15) is 5.26 Å². The van der Waals surface area contributed by atoms with Crippen LogP contribution in [0.2, 0.25) is 5.02 Å². The van der Waals surface area contributed by atoms with E-state index in [9.17, 15) is 12.8 Å². The number of halogens is 2. The Morgan fingerprint density at radius 3 is 2.75 bits per heavy atom. The van der Waals surface area contributed by atoms with Crippen molar-refractivity contribution in [2.45, 2.75) is 10.6 Å². The highest BCUT2D eigenvalue weighted by atomic mass is 35.5. The summed E-state index contributed by atoms with van der Waals surface area (Å²) in [6.07, 6.45) is 1.41. The second kappa shape index (κ2) is 5.57. The van der Waals surface area contributed by atoms with Crippen LogP contribution in [0.4, 0.5) is 4.39 Å². The summed E-state index contributed by atoms with van der Waals surface area (Å²) in [4.78, 5) is 3.69. The van der Waals surface area contributed by atoms with Gasteiger partial charge in [-0.3, -0.25) is 0 Å². The van der Waals surface area contributed by atoms with Gasteiger partial charge < -0.3 is 0 Å². The number of hydrogen-bond acceptors (Lipinski definition) is 4. The highest BCUT2D eigenvalue weighted by Crippen LogP contribution is 2.23. The van der Waals surface area contributed by atoms with Gasteiger partial charge in [-0.25, -0.2) is 17.8 Å². The minimum atomic E-state index is -3.73. The summed E-state index contributed by atoms with van der Waals surface area (Å²) in [5, 5.41) is 8.62. The molecule has 0 bridgehead atoms. The van der Waals surface area contributed by atoms with Crippen molar-refractivity contribution in [1.82, 2.24) is 4.98 Å². The van der Waals surface area contributed by atoms with E-state index in [0.29, 0.717) is 0 Å². The summed E-state index contributed by atoms with van der Waals surface area (Å²) in [5.41, 5.74) is 0.333. The van der Waals surface area contributed by atoms with Gasteiger partial charge in [0.05, 0.1) is 15.7 Å². The number of hydrogen-bond donors (Lipinski definition) is 0. The van der Waals surface area contributed by atoms with E-state index in [0.717, 1.165) is 18.2 Å². The van der Waals surface area contributed by atoms with Crippen molar-refractivity contribution in [1.29, 1.82) is 5.26 Å². The van der Waals surface area contributed by atoms with E-state index in [1.165, 1.54) is 12.3 Å². The van der Waals surface area contributed by atoms with Gasteiger partial charge in [-0.15, -0.1) is 0 Å². The lowest BCUT2D eigenvalue weighted by Gasteiger charge is -2.06. The monoisotopic (exact) mass is 310 g/mol. The average molecular weight is 311 g/mol. The van der Waals surface area contributed by atoms with Gasteiger partial charge in [0.1, 0.15) is 17.6 Å². The van der Waals surface area contributed by atoms with E-state index >= 15 is 0 Å². The summed E-state index contributed by atoms with van der Waals surface area (Å²) in [6, 6.07) is 8.06. The van der Waals surface area contributed by atoms with Crippen LogP contribution in [0.1, 0.15) is 11.3 Å². The van der Waals surface area contributed by atoms with E-state index in [2.05, 4.69) is 4.98 Å². The Morgan fingerprint density at radius 2 is 2.10 bits per heavy atom. The molecule has 2 rings (SSSR count). The zero-order valence-corrected chi connectivity index (χ0v) is 11.6. The first kappa shape index (κ1) is 14.4. The van der Waals surface area contributed by atoms with Gasteiger partial charge in [0.15, 0.2) is 9.84 Å². The third-order valence-corrected chi connectivity index (χ3v) is 4.55. The molecule has 0 aliphatic carbocycles. The molecule has 102 valence electrons. The zero-order valence-electron chi connectivity index (χ0n) is 10.0. The molecule has 1 heterocycles. The first-order chi connectivity index (χ1) is 9.44. The maximum Gasteiger partial charge on any atom is 0.182 e. The van der Waals surface area contributed by atoms with E-state index in [-0.39, 0.29) is 21.2 Å². The number of pyridine rings is 1. The molecule has 0 unspecified atom stereocenters. The van der Waals surface area contributed by atoms with Crippen LogP contribution in [0.5, 0.6) is 0 Å². The molecule has 0 N–H and O–H groups in total. The molecule has 1 aromatic carbocycles. The standard InChI is InChI=1S/C13H8ClFN2O2S/c14-11-6-10(3-4-12(11)15)20(18,19)8-9-2-1-5-17-13(9)7-16/h1-6H,8H2. The Bertz CT molecular complexity index is 800. The van der Waals surface area contributed by atoms with Crippen LogP contribution in [0, 0.1) is 17.1 Å². The highest BCUT2D eigenvalue weighted by molar-refractivity contribution is 7.90.